The lowest BCUT2D eigenvalue weighted by Gasteiger charge is -2.27. The van der Waals surface area contributed by atoms with Gasteiger partial charge in [0.05, 0.1) is 39.6 Å². The molecule has 0 saturated carbocycles. The second kappa shape index (κ2) is 32.0. The van der Waals surface area contributed by atoms with Gasteiger partial charge in [-0.25, -0.2) is 0 Å². The average Bonchev–Trinajstić information content (AvgIpc) is 2.92. The third-order valence-electron chi connectivity index (χ3n) is 5.03. The standard InChI is InChI=1S/C19H37N3O5S.C8H17NO3.C2H6/c1-15(2)12-19(4,5)18(25)21-16(3)6-11-28-22-17(24)13-27-10-9-26-8-7-20-14-23;1-3-11-6-7-12-5-4-9-8(2)10;1-2/h14-16H,6-13H2,1-5H3,(H,20,23)(H,21,25)(H,22,24);3-7H2,1-2H3,(H,9,10);1-2H3. The van der Waals surface area contributed by atoms with Crippen molar-refractivity contribution in [2.24, 2.45) is 11.3 Å². The van der Waals surface area contributed by atoms with E-state index in [1.165, 1.54) is 18.9 Å². The number of ether oxygens (including phenoxy) is 4. The minimum Gasteiger partial charge on any atom is -0.379 e. The average molecular weight is 625 g/mol. The van der Waals surface area contributed by atoms with E-state index in [2.05, 4.69) is 34.5 Å². The van der Waals surface area contributed by atoms with Crippen LogP contribution < -0.4 is 20.7 Å². The molecular formula is C29H60N4O8S. The SMILES string of the molecule is CC.CC(C)CC(C)(C)C(=O)NC(C)CCSNC(=O)COCCOCCNC=O.CCOCCOCCNC(C)=O. The summed E-state index contributed by atoms with van der Waals surface area (Å²) in [5.74, 6) is 1.01. The van der Waals surface area contributed by atoms with Crippen LogP contribution in [-0.2, 0) is 38.1 Å². The quantitative estimate of drug-likeness (QED) is 0.0721. The third-order valence-corrected chi connectivity index (χ3v) is 5.84. The van der Waals surface area contributed by atoms with Gasteiger partial charge in [-0.15, -0.1) is 0 Å². The van der Waals surface area contributed by atoms with Crippen LogP contribution in [0.3, 0.4) is 0 Å². The maximum Gasteiger partial charge on any atom is 0.255 e. The van der Waals surface area contributed by atoms with Crippen molar-refractivity contribution in [3.05, 3.63) is 0 Å². The highest BCUT2D eigenvalue weighted by atomic mass is 32.2. The van der Waals surface area contributed by atoms with Crippen molar-refractivity contribution in [2.45, 2.75) is 81.2 Å². The van der Waals surface area contributed by atoms with Gasteiger partial charge >= 0.3 is 0 Å². The smallest absolute Gasteiger partial charge is 0.255 e. The molecule has 42 heavy (non-hydrogen) atoms. The first kappa shape index (κ1) is 44.5. The maximum atomic E-state index is 12.4. The highest BCUT2D eigenvalue weighted by Crippen LogP contribution is 2.25. The summed E-state index contributed by atoms with van der Waals surface area (Å²) >= 11 is 1.31. The zero-order valence-corrected chi connectivity index (χ0v) is 28.4. The predicted octanol–water partition coefficient (Wildman–Crippen LogP) is 2.70. The van der Waals surface area contributed by atoms with E-state index in [-0.39, 0.29) is 35.8 Å². The van der Waals surface area contributed by atoms with Crippen molar-refractivity contribution in [3.63, 3.8) is 0 Å². The van der Waals surface area contributed by atoms with Gasteiger partial charge in [-0.05, 0) is 32.6 Å². The second-order valence-corrected chi connectivity index (χ2v) is 10.9. The summed E-state index contributed by atoms with van der Waals surface area (Å²) in [6.07, 6.45) is 2.22. The van der Waals surface area contributed by atoms with Crippen LogP contribution >= 0.6 is 11.9 Å². The van der Waals surface area contributed by atoms with Crippen molar-refractivity contribution in [3.8, 4) is 0 Å². The molecule has 12 nitrogen and oxygen atoms in total. The van der Waals surface area contributed by atoms with E-state index in [9.17, 15) is 19.2 Å². The van der Waals surface area contributed by atoms with E-state index in [1.807, 2.05) is 41.5 Å². The lowest BCUT2D eigenvalue weighted by atomic mass is 9.83. The number of carbonyl (C=O) groups excluding carboxylic acids is 4. The Morgan fingerprint density at radius 2 is 1.45 bits per heavy atom. The largest absolute Gasteiger partial charge is 0.379 e. The Morgan fingerprint density at radius 3 is 2.00 bits per heavy atom. The lowest BCUT2D eigenvalue weighted by Crippen LogP contribution is -2.42. The Balaban J connectivity index is -0.000000905. The molecule has 0 rings (SSSR count). The number of hydrogen-bond donors (Lipinski definition) is 4. The molecular weight excluding hydrogens is 564 g/mol. The first-order chi connectivity index (χ1) is 20.0. The summed E-state index contributed by atoms with van der Waals surface area (Å²) in [4.78, 5) is 44.4. The van der Waals surface area contributed by atoms with Crippen molar-refractivity contribution < 1.29 is 38.1 Å². The van der Waals surface area contributed by atoms with Crippen molar-refractivity contribution in [2.75, 3.05) is 71.7 Å². The van der Waals surface area contributed by atoms with E-state index in [4.69, 9.17) is 18.9 Å². The topological polar surface area (TPSA) is 153 Å². The first-order valence-corrected chi connectivity index (χ1v) is 15.9. The minimum atomic E-state index is -0.379. The van der Waals surface area contributed by atoms with E-state index in [1.54, 1.807) is 0 Å². The Morgan fingerprint density at radius 1 is 0.881 bits per heavy atom. The molecule has 13 heteroatoms. The molecule has 0 spiro atoms. The van der Waals surface area contributed by atoms with Gasteiger partial charge < -0.3 is 34.9 Å². The van der Waals surface area contributed by atoms with Crippen LogP contribution in [0, 0.1) is 11.3 Å². The van der Waals surface area contributed by atoms with Gasteiger partial charge in [-0.1, -0.05) is 53.5 Å². The molecule has 0 aromatic carbocycles. The molecule has 0 fully saturated rings. The molecule has 0 heterocycles. The molecule has 4 N–H and O–H groups in total. The van der Waals surface area contributed by atoms with Crippen LogP contribution in [0.1, 0.15) is 75.2 Å². The Hall–Kier alpha value is -1.93. The number of hydrogen-bond acceptors (Lipinski definition) is 9. The van der Waals surface area contributed by atoms with Crippen molar-refractivity contribution >= 4 is 36.1 Å². The minimum absolute atomic E-state index is 0.0246. The maximum absolute atomic E-state index is 12.4. The molecule has 0 aliphatic carbocycles. The molecule has 0 saturated heterocycles. The normalized spacial score (nSPS) is 11.3. The third kappa shape index (κ3) is 34.3. The summed E-state index contributed by atoms with van der Waals surface area (Å²) in [7, 11) is 0. The molecule has 0 aromatic rings. The fourth-order valence-electron chi connectivity index (χ4n) is 3.24. The highest BCUT2D eigenvalue weighted by molar-refractivity contribution is 7.97. The van der Waals surface area contributed by atoms with Gasteiger partial charge in [0.1, 0.15) is 6.61 Å². The van der Waals surface area contributed by atoms with E-state index >= 15 is 0 Å². The first-order valence-electron chi connectivity index (χ1n) is 14.9. The fourth-order valence-corrected chi connectivity index (χ4v) is 4.03. The second-order valence-electron chi connectivity index (χ2n) is 10.0. The summed E-state index contributed by atoms with van der Waals surface area (Å²) in [5.41, 5.74) is -0.379. The van der Waals surface area contributed by atoms with Crippen LogP contribution in [0.2, 0.25) is 0 Å². The van der Waals surface area contributed by atoms with Crippen LogP contribution in [0.25, 0.3) is 0 Å². The summed E-state index contributed by atoms with van der Waals surface area (Å²) in [6.45, 7) is 22.1. The molecule has 0 radical (unpaired) electrons. The Kier molecular flexibility index (Phi) is 33.9. The summed E-state index contributed by atoms with van der Waals surface area (Å²) < 4.78 is 23.3. The van der Waals surface area contributed by atoms with Crippen LogP contribution in [0.4, 0.5) is 0 Å². The lowest BCUT2D eigenvalue weighted by molar-refractivity contribution is -0.130. The number of carbonyl (C=O) groups is 4. The Labute approximate surface area is 259 Å². The van der Waals surface area contributed by atoms with E-state index in [0.29, 0.717) is 70.8 Å². The molecule has 1 unspecified atom stereocenters. The zero-order chi connectivity index (χ0) is 32.7. The molecule has 4 amide bonds. The van der Waals surface area contributed by atoms with Gasteiger partial charge in [0.25, 0.3) is 5.91 Å². The monoisotopic (exact) mass is 624 g/mol. The number of nitrogens with one attached hydrogen (secondary N) is 4. The zero-order valence-electron chi connectivity index (χ0n) is 27.6. The molecule has 1 atom stereocenters. The summed E-state index contributed by atoms with van der Waals surface area (Å²) in [6, 6.07) is 0.0467. The molecule has 0 aromatic heterocycles. The van der Waals surface area contributed by atoms with Gasteiger partial charge in [0.15, 0.2) is 0 Å². The van der Waals surface area contributed by atoms with Gasteiger partial charge in [-0.2, -0.15) is 0 Å². The molecule has 250 valence electrons. The highest BCUT2D eigenvalue weighted by Gasteiger charge is 2.29. The van der Waals surface area contributed by atoms with Gasteiger partial charge in [-0.3, -0.25) is 23.9 Å². The van der Waals surface area contributed by atoms with Crippen LogP contribution in [0.5, 0.6) is 0 Å². The van der Waals surface area contributed by atoms with Gasteiger partial charge in [0.2, 0.25) is 18.2 Å². The van der Waals surface area contributed by atoms with Crippen molar-refractivity contribution in [1.82, 2.24) is 20.7 Å². The molecule has 0 bridgehead atoms. The van der Waals surface area contributed by atoms with E-state index < -0.39 is 0 Å². The predicted molar refractivity (Wildman–Crippen MR) is 169 cm³/mol. The van der Waals surface area contributed by atoms with E-state index in [0.717, 1.165) is 19.4 Å². The fraction of sp³-hybridized carbons (Fsp3) is 0.862. The number of rotatable bonds is 24. The molecule has 0 aliphatic heterocycles. The van der Waals surface area contributed by atoms with Gasteiger partial charge in [0, 0.05) is 43.8 Å². The van der Waals surface area contributed by atoms with Crippen LogP contribution in [0.15, 0.2) is 0 Å². The Bertz CT molecular complexity index is 670. The summed E-state index contributed by atoms with van der Waals surface area (Å²) in [5, 5.41) is 8.17. The number of amides is 4. The molecule has 0 aliphatic rings. The van der Waals surface area contributed by atoms with Crippen molar-refractivity contribution in [1.29, 1.82) is 0 Å². The van der Waals surface area contributed by atoms with Crippen LogP contribution in [-0.4, -0.2) is 102 Å².